The molecule has 3 N–H and O–H groups in total. The van der Waals surface area contributed by atoms with E-state index in [-0.39, 0.29) is 23.7 Å². The molecule has 0 spiro atoms. The highest BCUT2D eigenvalue weighted by atomic mass is 35.5. The van der Waals surface area contributed by atoms with Gasteiger partial charge in [-0.1, -0.05) is 11.6 Å². The average molecular weight is 362 g/mol. The summed E-state index contributed by atoms with van der Waals surface area (Å²) in [4.78, 5) is 23.8. The monoisotopic (exact) mass is 361 g/mol. The Morgan fingerprint density at radius 3 is 2.76 bits per heavy atom. The average Bonchev–Trinajstić information content (AvgIpc) is 3.17. The zero-order valence-corrected chi connectivity index (χ0v) is 14.8. The number of carbonyl (C=O) groups is 2. The van der Waals surface area contributed by atoms with Crippen LogP contribution in [0.2, 0.25) is 5.02 Å². The third-order valence-electron chi connectivity index (χ3n) is 4.25. The summed E-state index contributed by atoms with van der Waals surface area (Å²) in [5.41, 5.74) is 2.16. The van der Waals surface area contributed by atoms with E-state index in [4.69, 9.17) is 11.6 Å². The van der Waals surface area contributed by atoms with Crippen molar-refractivity contribution in [2.45, 2.75) is 12.8 Å². The highest BCUT2D eigenvalue weighted by Crippen LogP contribution is 2.31. The van der Waals surface area contributed by atoms with Crippen molar-refractivity contribution in [2.24, 2.45) is 13.0 Å². The number of benzene rings is 1. The number of amides is 2. The van der Waals surface area contributed by atoms with Crippen LogP contribution in [0.1, 0.15) is 18.4 Å². The molecule has 1 aliphatic heterocycles. The fraction of sp³-hybridized carbons (Fsp3) is 0.353. The van der Waals surface area contributed by atoms with Crippen molar-refractivity contribution in [2.75, 3.05) is 23.7 Å². The number of rotatable bonds is 4. The van der Waals surface area contributed by atoms with E-state index in [1.807, 2.05) is 13.2 Å². The predicted octanol–water partition coefficient (Wildman–Crippen LogP) is 1.97. The number of aromatic nitrogens is 2. The first-order valence-corrected chi connectivity index (χ1v) is 8.39. The molecule has 1 aromatic heterocycles. The Morgan fingerprint density at radius 2 is 2.12 bits per heavy atom. The first-order chi connectivity index (χ1) is 11.9. The van der Waals surface area contributed by atoms with Crippen LogP contribution in [0.3, 0.4) is 0 Å². The summed E-state index contributed by atoms with van der Waals surface area (Å²) in [7, 11) is 1.86. The molecule has 7 nitrogen and oxygen atoms in total. The number of hydrogen-bond donors (Lipinski definition) is 3. The maximum atomic E-state index is 12.7. The Kier molecular flexibility index (Phi) is 5.06. The summed E-state index contributed by atoms with van der Waals surface area (Å²) < 4.78 is 1.74. The molecule has 8 heteroatoms. The van der Waals surface area contributed by atoms with Crippen LogP contribution < -0.4 is 16.0 Å². The van der Waals surface area contributed by atoms with E-state index in [0.29, 0.717) is 22.9 Å². The highest BCUT2D eigenvalue weighted by molar-refractivity contribution is 6.34. The largest absolute Gasteiger partial charge is 0.326 e. The van der Waals surface area contributed by atoms with Crippen LogP contribution in [0.4, 0.5) is 11.4 Å². The molecular formula is C17H20ClN5O2. The van der Waals surface area contributed by atoms with Crippen molar-refractivity contribution >= 4 is 34.8 Å². The van der Waals surface area contributed by atoms with Gasteiger partial charge in [-0.25, -0.2) is 0 Å². The van der Waals surface area contributed by atoms with Crippen LogP contribution in [0.25, 0.3) is 0 Å². The Hall–Kier alpha value is -2.38. The zero-order valence-electron chi connectivity index (χ0n) is 14.0. The quantitative estimate of drug-likeness (QED) is 0.777. The second kappa shape index (κ2) is 7.25. The van der Waals surface area contributed by atoms with Gasteiger partial charge in [0.1, 0.15) is 0 Å². The lowest BCUT2D eigenvalue weighted by molar-refractivity contribution is -0.119. The Bertz CT molecular complexity index is 804. The van der Waals surface area contributed by atoms with Crippen LogP contribution in [0.5, 0.6) is 0 Å². The first-order valence-electron chi connectivity index (χ1n) is 8.01. The molecule has 1 fully saturated rings. The number of hydrogen-bond acceptors (Lipinski definition) is 4. The molecule has 0 unspecified atom stereocenters. The van der Waals surface area contributed by atoms with Gasteiger partial charge < -0.3 is 16.0 Å². The molecular weight excluding hydrogens is 342 g/mol. The van der Waals surface area contributed by atoms with Gasteiger partial charge in [-0.2, -0.15) is 5.10 Å². The van der Waals surface area contributed by atoms with Crippen LogP contribution in [0, 0.1) is 5.92 Å². The summed E-state index contributed by atoms with van der Waals surface area (Å²) in [5.74, 6) is -0.390. The van der Waals surface area contributed by atoms with Gasteiger partial charge in [0.25, 0.3) is 0 Å². The molecule has 25 heavy (non-hydrogen) atoms. The molecule has 0 saturated carbocycles. The SMILES string of the molecule is CC(=O)Nc1ccc(NC(=O)[C@H]2CNC[C@@H]2c2cnn(C)c2)c(Cl)c1. The lowest BCUT2D eigenvalue weighted by Gasteiger charge is -2.18. The van der Waals surface area contributed by atoms with E-state index in [1.54, 1.807) is 29.1 Å². The van der Waals surface area contributed by atoms with Crippen molar-refractivity contribution < 1.29 is 9.59 Å². The van der Waals surface area contributed by atoms with Crippen LogP contribution in [-0.4, -0.2) is 34.7 Å². The maximum Gasteiger partial charge on any atom is 0.229 e. The molecule has 1 saturated heterocycles. The number of halogens is 1. The molecule has 2 aromatic rings. The standard InChI is InChI=1S/C17H20ClN5O2/c1-10(24)21-12-3-4-16(15(18)5-12)22-17(25)14-8-19-7-13(14)11-6-20-23(2)9-11/h3-6,9,13-14,19H,7-8H2,1-2H3,(H,21,24)(H,22,25)/t13-,14+/m1/s1. The summed E-state index contributed by atoms with van der Waals surface area (Å²) in [5, 5.41) is 13.4. The summed E-state index contributed by atoms with van der Waals surface area (Å²) in [6.07, 6.45) is 3.74. The van der Waals surface area contributed by atoms with E-state index in [9.17, 15) is 9.59 Å². The number of carbonyl (C=O) groups excluding carboxylic acids is 2. The number of anilines is 2. The van der Waals surface area contributed by atoms with Gasteiger partial charge in [-0.15, -0.1) is 0 Å². The van der Waals surface area contributed by atoms with Crippen molar-refractivity contribution in [1.82, 2.24) is 15.1 Å². The smallest absolute Gasteiger partial charge is 0.229 e. The highest BCUT2D eigenvalue weighted by Gasteiger charge is 2.34. The minimum absolute atomic E-state index is 0.0751. The van der Waals surface area contributed by atoms with E-state index >= 15 is 0 Å². The molecule has 0 aliphatic carbocycles. The Morgan fingerprint density at radius 1 is 1.32 bits per heavy atom. The molecule has 2 atom stereocenters. The van der Waals surface area contributed by atoms with Crippen LogP contribution in [-0.2, 0) is 16.6 Å². The van der Waals surface area contributed by atoms with Crippen molar-refractivity contribution in [1.29, 1.82) is 0 Å². The Labute approximate surface area is 150 Å². The summed E-state index contributed by atoms with van der Waals surface area (Å²) in [6, 6.07) is 5.01. The van der Waals surface area contributed by atoms with Crippen molar-refractivity contribution in [3.63, 3.8) is 0 Å². The molecule has 3 rings (SSSR count). The van der Waals surface area contributed by atoms with E-state index in [1.165, 1.54) is 6.92 Å². The van der Waals surface area contributed by atoms with Gasteiger partial charge in [0.15, 0.2) is 0 Å². The lowest BCUT2D eigenvalue weighted by atomic mass is 9.90. The number of aryl methyl sites for hydroxylation is 1. The van der Waals surface area contributed by atoms with Gasteiger partial charge in [0.05, 0.1) is 22.8 Å². The molecule has 1 aliphatic rings. The summed E-state index contributed by atoms with van der Waals surface area (Å²) >= 11 is 6.23. The first kappa shape index (κ1) is 17.4. The second-order valence-electron chi connectivity index (χ2n) is 6.18. The fourth-order valence-electron chi connectivity index (χ4n) is 3.06. The van der Waals surface area contributed by atoms with Gasteiger partial charge >= 0.3 is 0 Å². The zero-order chi connectivity index (χ0) is 18.0. The van der Waals surface area contributed by atoms with Crippen molar-refractivity contribution in [3.05, 3.63) is 41.2 Å². The summed E-state index contributed by atoms with van der Waals surface area (Å²) in [6.45, 7) is 2.77. The minimum Gasteiger partial charge on any atom is -0.326 e. The van der Waals surface area contributed by atoms with Gasteiger partial charge in [-0.05, 0) is 23.8 Å². The van der Waals surface area contributed by atoms with Gasteiger partial charge in [0.2, 0.25) is 11.8 Å². The number of nitrogens with zero attached hydrogens (tertiary/aromatic N) is 2. The van der Waals surface area contributed by atoms with E-state index in [2.05, 4.69) is 21.0 Å². The van der Waals surface area contributed by atoms with Crippen molar-refractivity contribution in [3.8, 4) is 0 Å². The predicted molar refractivity (Wildman–Crippen MR) is 96.7 cm³/mol. The molecule has 2 amide bonds. The van der Waals surface area contributed by atoms with E-state index in [0.717, 1.165) is 12.1 Å². The normalized spacial score (nSPS) is 19.6. The Balaban J connectivity index is 1.72. The molecule has 0 radical (unpaired) electrons. The topological polar surface area (TPSA) is 88.1 Å². The fourth-order valence-corrected chi connectivity index (χ4v) is 3.29. The molecule has 132 valence electrons. The maximum absolute atomic E-state index is 12.7. The third-order valence-corrected chi connectivity index (χ3v) is 4.56. The molecule has 2 heterocycles. The lowest BCUT2D eigenvalue weighted by Crippen LogP contribution is -2.28. The minimum atomic E-state index is -0.199. The van der Waals surface area contributed by atoms with Crippen LogP contribution >= 0.6 is 11.6 Å². The van der Waals surface area contributed by atoms with Gasteiger partial charge in [0, 0.05) is 44.9 Å². The second-order valence-corrected chi connectivity index (χ2v) is 6.59. The van der Waals surface area contributed by atoms with Crippen LogP contribution in [0.15, 0.2) is 30.6 Å². The molecule has 1 aromatic carbocycles. The molecule has 0 bridgehead atoms. The van der Waals surface area contributed by atoms with Gasteiger partial charge in [-0.3, -0.25) is 14.3 Å². The number of nitrogens with one attached hydrogen (secondary N) is 3. The third kappa shape index (κ3) is 4.00. The van der Waals surface area contributed by atoms with E-state index < -0.39 is 0 Å².